The fraction of sp³-hybridized carbons (Fsp3) is 0.444. The molecule has 7 nitrogen and oxygen atoms in total. The topological polar surface area (TPSA) is 74.6 Å². The normalized spacial score (nSPS) is 14.9. The zero-order valence-corrected chi connectivity index (χ0v) is 14.3. The quantitative estimate of drug-likeness (QED) is 0.834. The molecule has 0 spiro atoms. The Kier molecular flexibility index (Phi) is 5.90. The lowest BCUT2D eigenvalue weighted by Gasteiger charge is -2.21. The van der Waals surface area contributed by atoms with E-state index in [9.17, 15) is 4.79 Å². The number of carbonyl (C=O) groups is 1. The van der Waals surface area contributed by atoms with Crippen LogP contribution in [0.3, 0.4) is 0 Å². The Morgan fingerprint density at radius 3 is 2.96 bits per heavy atom. The molecular weight excluding hydrogens is 322 g/mol. The van der Waals surface area contributed by atoms with Gasteiger partial charge in [-0.25, -0.2) is 0 Å². The van der Waals surface area contributed by atoms with Crippen LogP contribution >= 0.6 is 0 Å². The van der Waals surface area contributed by atoms with Gasteiger partial charge in [0.25, 0.3) is 5.91 Å². The van der Waals surface area contributed by atoms with Crippen LogP contribution in [0.5, 0.6) is 11.5 Å². The van der Waals surface area contributed by atoms with Crippen LogP contribution in [0.25, 0.3) is 0 Å². The Hall–Kier alpha value is -2.54. The van der Waals surface area contributed by atoms with E-state index >= 15 is 0 Å². The van der Waals surface area contributed by atoms with Gasteiger partial charge in [-0.3, -0.25) is 9.48 Å². The monoisotopic (exact) mass is 345 g/mol. The molecule has 0 saturated carbocycles. The maximum absolute atomic E-state index is 12.0. The molecule has 134 valence electrons. The lowest BCUT2D eigenvalue weighted by Crippen LogP contribution is -2.21. The van der Waals surface area contributed by atoms with Gasteiger partial charge in [0.2, 0.25) is 0 Å². The van der Waals surface area contributed by atoms with Gasteiger partial charge in [0.15, 0.2) is 6.61 Å². The summed E-state index contributed by atoms with van der Waals surface area (Å²) in [6.45, 7) is 2.41. The zero-order chi connectivity index (χ0) is 17.5. The highest BCUT2D eigenvalue weighted by Crippen LogP contribution is 2.19. The van der Waals surface area contributed by atoms with Crippen LogP contribution in [0, 0.1) is 5.92 Å². The van der Waals surface area contributed by atoms with Crippen LogP contribution in [0.1, 0.15) is 12.8 Å². The summed E-state index contributed by atoms with van der Waals surface area (Å²) in [5.41, 5.74) is 0.673. The predicted octanol–water partition coefficient (Wildman–Crippen LogP) is 2.34. The number of nitrogens with one attached hydrogen (secondary N) is 1. The molecule has 1 N–H and O–H groups in total. The minimum absolute atomic E-state index is 0.0711. The third-order valence-corrected chi connectivity index (χ3v) is 4.11. The minimum atomic E-state index is -0.228. The van der Waals surface area contributed by atoms with E-state index in [2.05, 4.69) is 10.4 Å². The number of aromatic nitrogens is 2. The summed E-state index contributed by atoms with van der Waals surface area (Å²) in [7, 11) is 1.59. The van der Waals surface area contributed by atoms with Crippen LogP contribution in [-0.2, 0) is 16.1 Å². The van der Waals surface area contributed by atoms with E-state index in [1.54, 1.807) is 25.4 Å². The molecule has 7 heteroatoms. The third kappa shape index (κ3) is 5.22. The fourth-order valence-corrected chi connectivity index (χ4v) is 2.76. The second-order valence-corrected chi connectivity index (χ2v) is 6.02. The SMILES string of the molecule is COc1cccc(OCC(=O)Nc2cnn(CC3CCOCC3)c2)c1. The number of nitrogens with zero attached hydrogens (tertiary/aromatic N) is 2. The van der Waals surface area contributed by atoms with Gasteiger partial charge in [0, 0.05) is 32.0 Å². The average Bonchev–Trinajstić information content (AvgIpc) is 3.08. The molecule has 25 heavy (non-hydrogen) atoms. The Balaban J connectivity index is 1.46. The zero-order valence-electron chi connectivity index (χ0n) is 14.3. The molecule has 1 fully saturated rings. The van der Waals surface area contributed by atoms with Gasteiger partial charge in [-0.05, 0) is 30.9 Å². The van der Waals surface area contributed by atoms with E-state index < -0.39 is 0 Å². The van der Waals surface area contributed by atoms with Gasteiger partial charge in [-0.1, -0.05) is 6.07 Å². The molecule has 0 bridgehead atoms. The highest BCUT2D eigenvalue weighted by molar-refractivity contribution is 5.91. The van der Waals surface area contributed by atoms with Gasteiger partial charge < -0.3 is 19.5 Å². The standard InChI is InChI=1S/C18H23N3O4/c1-23-16-3-2-4-17(9-16)25-13-18(22)20-15-10-19-21(12-15)11-14-5-7-24-8-6-14/h2-4,9-10,12,14H,5-8,11,13H2,1H3,(H,20,22). The van der Waals surface area contributed by atoms with Crippen molar-refractivity contribution in [2.45, 2.75) is 19.4 Å². The summed E-state index contributed by atoms with van der Waals surface area (Å²) >= 11 is 0. The van der Waals surface area contributed by atoms with Crippen molar-refractivity contribution in [3.63, 3.8) is 0 Å². The molecule has 0 unspecified atom stereocenters. The van der Waals surface area contributed by atoms with Crippen LogP contribution in [0.15, 0.2) is 36.7 Å². The molecule has 2 heterocycles. The van der Waals surface area contributed by atoms with Crippen molar-refractivity contribution in [3.05, 3.63) is 36.7 Å². The number of methoxy groups -OCH3 is 1. The molecule has 2 aromatic rings. The number of ether oxygens (including phenoxy) is 3. The van der Waals surface area contributed by atoms with Gasteiger partial charge in [-0.15, -0.1) is 0 Å². The molecular formula is C18H23N3O4. The van der Waals surface area contributed by atoms with Gasteiger partial charge >= 0.3 is 0 Å². The van der Waals surface area contributed by atoms with Crippen LogP contribution < -0.4 is 14.8 Å². The molecule has 1 aliphatic rings. The van der Waals surface area contributed by atoms with Crippen molar-refractivity contribution < 1.29 is 19.0 Å². The second-order valence-electron chi connectivity index (χ2n) is 6.02. The number of hydrogen-bond donors (Lipinski definition) is 1. The average molecular weight is 345 g/mol. The van der Waals surface area contributed by atoms with E-state index in [1.165, 1.54) is 0 Å². The number of anilines is 1. The van der Waals surface area contributed by atoms with Crippen LogP contribution in [0.4, 0.5) is 5.69 Å². The first kappa shape index (κ1) is 17.3. The molecule has 1 aliphatic heterocycles. The van der Waals surface area contributed by atoms with Crippen molar-refractivity contribution in [2.24, 2.45) is 5.92 Å². The maximum Gasteiger partial charge on any atom is 0.262 e. The Labute approximate surface area is 146 Å². The molecule has 1 aromatic heterocycles. The van der Waals surface area contributed by atoms with E-state index in [0.29, 0.717) is 23.1 Å². The Morgan fingerprint density at radius 2 is 2.16 bits per heavy atom. The number of rotatable bonds is 7. The lowest BCUT2D eigenvalue weighted by atomic mass is 10.0. The first-order valence-corrected chi connectivity index (χ1v) is 8.40. The number of amides is 1. The first-order chi connectivity index (χ1) is 12.2. The highest BCUT2D eigenvalue weighted by atomic mass is 16.5. The highest BCUT2D eigenvalue weighted by Gasteiger charge is 2.15. The van der Waals surface area contributed by atoms with Crippen LogP contribution in [0.2, 0.25) is 0 Å². The largest absolute Gasteiger partial charge is 0.497 e. The second kappa shape index (κ2) is 8.53. The van der Waals surface area contributed by atoms with E-state index in [-0.39, 0.29) is 12.5 Å². The van der Waals surface area contributed by atoms with E-state index in [4.69, 9.17) is 14.2 Å². The molecule has 0 radical (unpaired) electrons. The fourth-order valence-electron chi connectivity index (χ4n) is 2.76. The summed E-state index contributed by atoms with van der Waals surface area (Å²) in [6, 6.07) is 7.15. The summed E-state index contributed by atoms with van der Waals surface area (Å²) in [5.74, 6) is 1.62. The van der Waals surface area contributed by atoms with Gasteiger partial charge in [0.05, 0.1) is 19.0 Å². The predicted molar refractivity (Wildman–Crippen MR) is 92.9 cm³/mol. The van der Waals surface area contributed by atoms with E-state index in [0.717, 1.165) is 32.6 Å². The molecule has 3 rings (SSSR count). The van der Waals surface area contributed by atoms with Crippen molar-refractivity contribution >= 4 is 11.6 Å². The van der Waals surface area contributed by atoms with Gasteiger partial charge in [-0.2, -0.15) is 5.10 Å². The molecule has 1 aromatic carbocycles. The summed E-state index contributed by atoms with van der Waals surface area (Å²) in [5, 5.41) is 7.10. The smallest absolute Gasteiger partial charge is 0.262 e. The Bertz CT molecular complexity index is 695. The summed E-state index contributed by atoms with van der Waals surface area (Å²) in [4.78, 5) is 12.0. The molecule has 0 atom stereocenters. The summed E-state index contributed by atoms with van der Waals surface area (Å²) < 4.78 is 17.8. The number of benzene rings is 1. The Morgan fingerprint density at radius 1 is 1.36 bits per heavy atom. The first-order valence-electron chi connectivity index (χ1n) is 8.40. The van der Waals surface area contributed by atoms with E-state index in [1.807, 2.05) is 23.0 Å². The number of carbonyl (C=O) groups excluding carboxylic acids is 1. The summed E-state index contributed by atoms with van der Waals surface area (Å²) in [6.07, 6.45) is 5.60. The van der Waals surface area contributed by atoms with Crippen molar-refractivity contribution in [1.29, 1.82) is 0 Å². The lowest BCUT2D eigenvalue weighted by molar-refractivity contribution is -0.118. The number of hydrogen-bond acceptors (Lipinski definition) is 5. The third-order valence-electron chi connectivity index (χ3n) is 4.11. The molecule has 1 saturated heterocycles. The van der Waals surface area contributed by atoms with Gasteiger partial charge in [0.1, 0.15) is 11.5 Å². The van der Waals surface area contributed by atoms with Crippen molar-refractivity contribution in [3.8, 4) is 11.5 Å². The van der Waals surface area contributed by atoms with Crippen molar-refractivity contribution in [1.82, 2.24) is 9.78 Å². The minimum Gasteiger partial charge on any atom is -0.497 e. The van der Waals surface area contributed by atoms with Crippen LogP contribution in [-0.4, -0.2) is 42.6 Å². The maximum atomic E-state index is 12.0. The van der Waals surface area contributed by atoms with Crippen molar-refractivity contribution in [2.75, 3.05) is 32.2 Å². The molecule has 0 aliphatic carbocycles. The molecule has 1 amide bonds.